The number of hydrogen-bond donors (Lipinski definition) is 3. The van der Waals surface area contributed by atoms with Crippen LogP contribution >= 0.6 is 15.6 Å². The molecule has 19 heteroatoms. The fraction of sp³-hybridized carbons (Fsp3) is 0.938. The van der Waals surface area contributed by atoms with Gasteiger partial charge in [-0.2, -0.15) is 0 Å². The summed E-state index contributed by atoms with van der Waals surface area (Å²) in [6, 6.07) is 0. The molecule has 0 rings (SSSR count). The van der Waals surface area contributed by atoms with E-state index in [2.05, 4.69) is 41.5 Å². The summed E-state index contributed by atoms with van der Waals surface area (Å²) in [5.74, 6) is -0.640. The van der Waals surface area contributed by atoms with E-state index >= 15 is 0 Å². The van der Waals surface area contributed by atoms with E-state index < -0.39 is 97.5 Å². The van der Waals surface area contributed by atoms with Crippen LogP contribution in [0.1, 0.15) is 324 Å². The fourth-order valence-electron chi connectivity index (χ4n) is 9.68. The van der Waals surface area contributed by atoms with Crippen LogP contribution in [0.3, 0.4) is 0 Å². The third kappa shape index (κ3) is 57.8. The van der Waals surface area contributed by atoms with Gasteiger partial charge in [-0.1, -0.05) is 273 Å². The van der Waals surface area contributed by atoms with Crippen LogP contribution in [0.15, 0.2) is 0 Å². The molecule has 0 radical (unpaired) electrons. The summed E-state index contributed by atoms with van der Waals surface area (Å²) in [6.07, 6.45) is 40.4. The standard InChI is InChI=1S/C65H126O17P2/c1-7-10-12-14-16-17-18-22-25-29-36-42-48-63(68)76-54-60(81-64(69)49-43-37-30-26-23-20-19-21-24-28-33-39-45-57(4)5)55-79-83(71,72)77-51-59(66)52-78-84(73,74)80-56-61(53-75-62(67)47-41-35-27-15-13-11-8-2)82-65(70)50-44-38-32-31-34-40-46-58(6)9-3/h57-61,66H,7-56H2,1-6H3,(H,71,72)(H,73,74)/t58?,59-,60-,61-/m1/s1. The van der Waals surface area contributed by atoms with Gasteiger partial charge in [-0.15, -0.1) is 0 Å². The van der Waals surface area contributed by atoms with Crippen LogP contribution in [0.5, 0.6) is 0 Å². The van der Waals surface area contributed by atoms with Crippen molar-refractivity contribution < 1.29 is 80.2 Å². The Hall–Kier alpha value is -1.94. The molecule has 17 nitrogen and oxygen atoms in total. The molecule has 0 saturated heterocycles. The molecule has 498 valence electrons. The van der Waals surface area contributed by atoms with Crippen LogP contribution in [-0.2, 0) is 65.4 Å². The molecule has 0 bridgehead atoms. The molecule has 0 aliphatic rings. The van der Waals surface area contributed by atoms with E-state index in [0.29, 0.717) is 25.7 Å². The van der Waals surface area contributed by atoms with Crippen molar-refractivity contribution in [2.75, 3.05) is 39.6 Å². The van der Waals surface area contributed by atoms with Gasteiger partial charge in [0.1, 0.15) is 19.3 Å². The highest BCUT2D eigenvalue weighted by molar-refractivity contribution is 7.47. The van der Waals surface area contributed by atoms with Gasteiger partial charge >= 0.3 is 39.5 Å². The zero-order valence-corrected chi connectivity index (χ0v) is 56.0. The van der Waals surface area contributed by atoms with Crippen molar-refractivity contribution in [1.82, 2.24) is 0 Å². The number of carbonyl (C=O) groups excluding carboxylic acids is 4. The molecular weight excluding hydrogens is 1110 g/mol. The second-order valence-corrected chi connectivity index (χ2v) is 27.1. The smallest absolute Gasteiger partial charge is 0.462 e. The fourth-order valence-corrected chi connectivity index (χ4v) is 11.3. The number of aliphatic hydroxyl groups excluding tert-OH is 1. The van der Waals surface area contributed by atoms with E-state index in [1.54, 1.807) is 0 Å². The number of unbranched alkanes of at least 4 members (excludes halogenated alkanes) is 33. The third-order valence-corrected chi connectivity index (χ3v) is 17.2. The van der Waals surface area contributed by atoms with Gasteiger partial charge < -0.3 is 33.8 Å². The normalized spacial score (nSPS) is 14.6. The van der Waals surface area contributed by atoms with E-state index in [1.165, 1.54) is 128 Å². The van der Waals surface area contributed by atoms with Gasteiger partial charge in [0.15, 0.2) is 12.2 Å². The van der Waals surface area contributed by atoms with Gasteiger partial charge in [0.25, 0.3) is 0 Å². The lowest BCUT2D eigenvalue weighted by Crippen LogP contribution is -2.30. The summed E-state index contributed by atoms with van der Waals surface area (Å²) < 4.78 is 68.0. The summed E-state index contributed by atoms with van der Waals surface area (Å²) >= 11 is 0. The summed E-state index contributed by atoms with van der Waals surface area (Å²) in [7, 11) is -9.88. The minimum absolute atomic E-state index is 0.103. The van der Waals surface area contributed by atoms with Gasteiger partial charge in [0.2, 0.25) is 0 Å². The molecule has 0 fully saturated rings. The number of ether oxygens (including phenoxy) is 4. The van der Waals surface area contributed by atoms with E-state index in [0.717, 1.165) is 115 Å². The van der Waals surface area contributed by atoms with Gasteiger partial charge in [0, 0.05) is 25.7 Å². The molecule has 0 heterocycles. The lowest BCUT2D eigenvalue weighted by atomic mass is 10.00. The monoisotopic (exact) mass is 1240 g/mol. The third-order valence-electron chi connectivity index (χ3n) is 15.3. The van der Waals surface area contributed by atoms with Crippen molar-refractivity contribution in [2.45, 2.75) is 342 Å². The van der Waals surface area contributed by atoms with E-state index in [1.807, 2.05) is 0 Å². The molecule has 0 saturated carbocycles. The predicted molar refractivity (Wildman–Crippen MR) is 335 cm³/mol. The summed E-state index contributed by atoms with van der Waals surface area (Å²) in [4.78, 5) is 72.2. The second kappa shape index (κ2) is 57.5. The average Bonchev–Trinajstić information content (AvgIpc) is 3.47. The number of aliphatic hydroxyl groups is 1. The second-order valence-electron chi connectivity index (χ2n) is 24.2. The molecule has 84 heavy (non-hydrogen) atoms. The van der Waals surface area contributed by atoms with Crippen LogP contribution < -0.4 is 0 Å². The largest absolute Gasteiger partial charge is 0.472 e. The topological polar surface area (TPSA) is 237 Å². The van der Waals surface area contributed by atoms with Crippen LogP contribution in [0.25, 0.3) is 0 Å². The molecule has 0 aliphatic heterocycles. The predicted octanol–water partition coefficient (Wildman–Crippen LogP) is 18.0. The maximum atomic E-state index is 13.0. The number of phosphoric ester groups is 2. The van der Waals surface area contributed by atoms with Crippen molar-refractivity contribution in [2.24, 2.45) is 11.8 Å². The first-order valence-corrected chi connectivity index (χ1v) is 37.0. The van der Waals surface area contributed by atoms with Crippen LogP contribution in [0, 0.1) is 11.8 Å². The van der Waals surface area contributed by atoms with Crippen LogP contribution in [0.2, 0.25) is 0 Å². The van der Waals surface area contributed by atoms with Crippen LogP contribution in [0.4, 0.5) is 0 Å². The SMILES string of the molecule is CCCCCCCCCCCCCCC(=O)OC[C@H](COP(=O)(O)OC[C@@H](O)COP(=O)(O)OC[C@@H](COC(=O)CCCCCCCCC)OC(=O)CCCCCCCCC(C)CC)OC(=O)CCCCCCCCCCCCCCC(C)C. The molecule has 0 aromatic carbocycles. The van der Waals surface area contributed by atoms with E-state index in [-0.39, 0.29) is 25.7 Å². The first kappa shape index (κ1) is 82.1. The Morgan fingerprint density at radius 3 is 0.905 bits per heavy atom. The highest BCUT2D eigenvalue weighted by Crippen LogP contribution is 2.45. The van der Waals surface area contributed by atoms with Crippen molar-refractivity contribution in [1.29, 1.82) is 0 Å². The van der Waals surface area contributed by atoms with Crippen molar-refractivity contribution in [3.63, 3.8) is 0 Å². The highest BCUT2D eigenvalue weighted by Gasteiger charge is 2.30. The van der Waals surface area contributed by atoms with Gasteiger partial charge in [-0.05, 0) is 37.5 Å². The van der Waals surface area contributed by atoms with Gasteiger partial charge in [0.05, 0.1) is 26.4 Å². The number of carbonyl (C=O) groups is 4. The van der Waals surface area contributed by atoms with Gasteiger partial charge in [-0.25, -0.2) is 9.13 Å². The molecule has 3 N–H and O–H groups in total. The molecule has 0 amide bonds. The molecule has 0 aliphatic carbocycles. The number of rotatable bonds is 64. The maximum absolute atomic E-state index is 13.0. The zero-order chi connectivity index (χ0) is 62.2. The number of phosphoric acid groups is 2. The lowest BCUT2D eigenvalue weighted by Gasteiger charge is -2.21. The minimum Gasteiger partial charge on any atom is -0.462 e. The molecule has 6 atom stereocenters. The van der Waals surface area contributed by atoms with E-state index in [9.17, 15) is 43.2 Å². The molecular formula is C65H126O17P2. The Balaban J connectivity index is 5.22. The molecule has 0 aromatic rings. The Morgan fingerprint density at radius 2 is 0.607 bits per heavy atom. The zero-order valence-electron chi connectivity index (χ0n) is 54.2. The quantitative estimate of drug-likeness (QED) is 0.0222. The van der Waals surface area contributed by atoms with Crippen molar-refractivity contribution >= 4 is 39.5 Å². The first-order valence-electron chi connectivity index (χ1n) is 34.0. The van der Waals surface area contributed by atoms with Crippen LogP contribution in [-0.4, -0.2) is 96.7 Å². The summed E-state index contributed by atoms with van der Waals surface area (Å²) in [6.45, 7) is 9.43. The lowest BCUT2D eigenvalue weighted by molar-refractivity contribution is -0.161. The Labute approximate surface area is 511 Å². The molecule has 0 spiro atoms. The Morgan fingerprint density at radius 1 is 0.345 bits per heavy atom. The van der Waals surface area contributed by atoms with E-state index in [4.69, 9.17) is 37.0 Å². The average molecular weight is 1240 g/mol. The highest BCUT2D eigenvalue weighted by atomic mass is 31.2. The Kier molecular flexibility index (Phi) is 56.2. The molecule has 3 unspecified atom stereocenters. The summed E-state index contributed by atoms with van der Waals surface area (Å²) in [5.41, 5.74) is 0. The van der Waals surface area contributed by atoms with Crippen molar-refractivity contribution in [3.8, 4) is 0 Å². The number of hydrogen-bond acceptors (Lipinski definition) is 15. The molecule has 0 aromatic heterocycles. The van der Waals surface area contributed by atoms with Gasteiger partial charge in [-0.3, -0.25) is 37.3 Å². The number of esters is 4. The summed E-state index contributed by atoms with van der Waals surface area (Å²) in [5, 5.41) is 10.5. The minimum atomic E-state index is -4.95. The maximum Gasteiger partial charge on any atom is 0.472 e. The van der Waals surface area contributed by atoms with Crippen molar-refractivity contribution in [3.05, 3.63) is 0 Å². The first-order chi connectivity index (χ1) is 40.4. The Bertz CT molecular complexity index is 1650.